The van der Waals surface area contributed by atoms with Crippen LogP contribution in [0.3, 0.4) is 0 Å². The lowest BCUT2D eigenvalue weighted by Crippen LogP contribution is -2.20. The molecule has 0 fully saturated rings. The summed E-state index contributed by atoms with van der Waals surface area (Å²) in [6, 6.07) is 17.7. The third-order valence-corrected chi connectivity index (χ3v) is 4.46. The molecule has 0 atom stereocenters. The van der Waals surface area contributed by atoms with Gasteiger partial charge in [0.15, 0.2) is 6.61 Å². The lowest BCUT2D eigenvalue weighted by molar-refractivity contribution is -0.118. The molecule has 138 valence electrons. The third kappa shape index (κ3) is 5.08. The monoisotopic (exact) mass is 382 g/mol. The molecule has 0 aliphatic heterocycles. The van der Waals surface area contributed by atoms with Gasteiger partial charge in [-0.3, -0.25) is 9.59 Å². The van der Waals surface area contributed by atoms with Crippen molar-refractivity contribution in [3.63, 3.8) is 0 Å². The molecule has 3 rings (SSSR count). The van der Waals surface area contributed by atoms with Crippen molar-refractivity contribution < 1.29 is 19.1 Å². The van der Waals surface area contributed by atoms with Gasteiger partial charge in [0.25, 0.3) is 11.8 Å². The van der Waals surface area contributed by atoms with Crippen LogP contribution in [0.4, 0.5) is 11.4 Å². The maximum atomic E-state index is 12.2. The second-order valence-corrected chi connectivity index (χ2v) is 6.44. The van der Waals surface area contributed by atoms with Crippen molar-refractivity contribution in [2.75, 3.05) is 24.4 Å². The molecule has 0 radical (unpaired) electrons. The summed E-state index contributed by atoms with van der Waals surface area (Å²) in [5.74, 6) is 0.561. The number of carbonyl (C=O) groups is 2. The Morgan fingerprint density at radius 3 is 2.52 bits per heavy atom. The smallest absolute Gasteiger partial charge is 0.265 e. The number of amides is 2. The highest BCUT2D eigenvalue weighted by molar-refractivity contribution is 7.12. The summed E-state index contributed by atoms with van der Waals surface area (Å²) < 4.78 is 10.7. The first kappa shape index (κ1) is 18.5. The van der Waals surface area contributed by atoms with Gasteiger partial charge in [-0.2, -0.15) is 0 Å². The van der Waals surface area contributed by atoms with Crippen molar-refractivity contribution in [2.24, 2.45) is 0 Å². The normalized spacial score (nSPS) is 10.1. The van der Waals surface area contributed by atoms with E-state index in [4.69, 9.17) is 9.47 Å². The van der Waals surface area contributed by atoms with Crippen molar-refractivity contribution in [1.29, 1.82) is 0 Å². The van der Waals surface area contributed by atoms with Crippen molar-refractivity contribution >= 4 is 34.5 Å². The summed E-state index contributed by atoms with van der Waals surface area (Å²) in [6.07, 6.45) is 0. The zero-order valence-electron chi connectivity index (χ0n) is 14.6. The molecule has 3 aromatic rings. The zero-order valence-corrected chi connectivity index (χ0v) is 15.4. The molecule has 7 heteroatoms. The summed E-state index contributed by atoms with van der Waals surface area (Å²) in [5.41, 5.74) is 1.07. The molecule has 0 saturated heterocycles. The molecule has 0 aliphatic carbocycles. The number of hydrogen-bond acceptors (Lipinski definition) is 5. The van der Waals surface area contributed by atoms with Gasteiger partial charge in [0.1, 0.15) is 11.5 Å². The van der Waals surface area contributed by atoms with Gasteiger partial charge in [0.05, 0.1) is 17.7 Å². The van der Waals surface area contributed by atoms with Crippen molar-refractivity contribution in [3.8, 4) is 11.5 Å². The number of benzene rings is 2. The van der Waals surface area contributed by atoms with Gasteiger partial charge in [-0.25, -0.2) is 0 Å². The van der Waals surface area contributed by atoms with E-state index in [1.165, 1.54) is 18.4 Å². The van der Waals surface area contributed by atoms with E-state index in [2.05, 4.69) is 10.6 Å². The highest BCUT2D eigenvalue weighted by Gasteiger charge is 2.12. The van der Waals surface area contributed by atoms with E-state index in [-0.39, 0.29) is 18.4 Å². The number of methoxy groups -OCH3 is 1. The minimum absolute atomic E-state index is 0.108. The van der Waals surface area contributed by atoms with Crippen molar-refractivity contribution in [1.82, 2.24) is 0 Å². The van der Waals surface area contributed by atoms with Crippen LogP contribution >= 0.6 is 11.3 Å². The van der Waals surface area contributed by atoms with Gasteiger partial charge >= 0.3 is 0 Å². The fourth-order valence-electron chi connectivity index (χ4n) is 2.33. The summed E-state index contributed by atoms with van der Waals surface area (Å²) in [6.45, 7) is -0.108. The van der Waals surface area contributed by atoms with E-state index in [0.717, 1.165) is 0 Å². The van der Waals surface area contributed by atoms with Crippen molar-refractivity contribution in [2.45, 2.75) is 0 Å². The Morgan fingerprint density at radius 1 is 1.00 bits per heavy atom. The second-order valence-electron chi connectivity index (χ2n) is 5.50. The fraction of sp³-hybridized carbons (Fsp3) is 0.100. The van der Waals surface area contributed by atoms with Gasteiger partial charge in [0, 0.05) is 11.8 Å². The molecule has 0 bridgehead atoms. The van der Waals surface area contributed by atoms with Crippen LogP contribution < -0.4 is 20.1 Å². The molecule has 0 saturated carbocycles. The molecular formula is C20H18N2O4S. The van der Waals surface area contributed by atoms with E-state index in [1.807, 2.05) is 29.6 Å². The van der Waals surface area contributed by atoms with Gasteiger partial charge in [-0.15, -0.1) is 11.3 Å². The molecule has 6 nitrogen and oxygen atoms in total. The first-order valence-corrected chi connectivity index (χ1v) is 9.04. The number of para-hydroxylation sites is 1. The number of thiophene rings is 1. The zero-order chi connectivity index (χ0) is 19.1. The fourth-order valence-corrected chi connectivity index (χ4v) is 2.95. The molecule has 1 aromatic heterocycles. The van der Waals surface area contributed by atoms with Crippen LogP contribution in [0.1, 0.15) is 9.67 Å². The number of hydrogen-bond donors (Lipinski definition) is 2. The first-order chi connectivity index (χ1) is 13.2. The van der Waals surface area contributed by atoms with Crippen LogP contribution in [0.2, 0.25) is 0 Å². The molecule has 0 spiro atoms. The molecule has 2 aromatic carbocycles. The molecule has 2 amide bonds. The summed E-state index contributed by atoms with van der Waals surface area (Å²) >= 11 is 1.36. The third-order valence-electron chi connectivity index (χ3n) is 3.59. The highest BCUT2D eigenvalue weighted by Crippen LogP contribution is 2.28. The van der Waals surface area contributed by atoms with E-state index < -0.39 is 0 Å². The lowest BCUT2D eigenvalue weighted by atomic mass is 10.2. The summed E-state index contributed by atoms with van der Waals surface area (Å²) in [5, 5.41) is 7.38. The Morgan fingerprint density at radius 2 is 1.81 bits per heavy atom. The topological polar surface area (TPSA) is 76.7 Å². The molecular weight excluding hydrogens is 364 g/mol. The van der Waals surface area contributed by atoms with Crippen LogP contribution in [-0.4, -0.2) is 25.5 Å². The van der Waals surface area contributed by atoms with Crippen molar-refractivity contribution in [3.05, 3.63) is 70.9 Å². The van der Waals surface area contributed by atoms with Gasteiger partial charge in [-0.1, -0.05) is 24.3 Å². The largest absolute Gasteiger partial charge is 0.494 e. The van der Waals surface area contributed by atoms with Crippen LogP contribution in [0.15, 0.2) is 66.0 Å². The number of carbonyl (C=O) groups excluding carboxylic acids is 2. The predicted octanol–water partition coefficient (Wildman–Crippen LogP) is 4.03. The Labute approximate surface area is 160 Å². The molecule has 0 unspecified atom stereocenters. The molecule has 1 heterocycles. The average molecular weight is 382 g/mol. The molecule has 0 aliphatic rings. The first-order valence-electron chi connectivity index (χ1n) is 8.16. The van der Waals surface area contributed by atoms with Gasteiger partial charge in [-0.05, 0) is 35.7 Å². The van der Waals surface area contributed by atoms with E-state index in [0.29, 0.717) is 27.8 Å². The Hall–Kier alpha value is -3.32. The SMILES string of the molecule is COc1cc(NC(=O)COc2ccccc2)ccc1NC(=O)c1cccs1. The van der Waals surface area contributed by atoms with Gasteiger partial charge in [0.2, 0.25) is 0 Å². The second kappa shape index (κ2) is 8.86. The number of anilines is 2. The van der Waals surface area contributed by atoms with Crippen LogP contribution in [0.25, 0.3) is 0 Å². The maximum absolute atomic E-state index is 12.2. The van der Waals surface area contributed by atoms with Gasteiger partial charge < -0.3 is 20.1 Å². The predicted molar refractivity (Wildman–Crippen MR) is 106 cm³/mol. The lowest BCUT2D eigenvalue weighted by Gasteiger charge is -2.12. The Balaban J connectivity index is 1.61. The number of ether oxygens (including phenoxy) is 2. The highest BCUT2D eigenvalue weighted by atomic mass is 32.1. The minimum Gasteiger partial charge on any atom is -0.494 e. The van der Waals surface area contributed by atoms with E-state index in [9.17, 15) is 9.59 Å². The average Bonchev–Trinajstić information content (AvgIpc) is 3.23. The van der Waals surface area contributed by atoms with Crippen LogP contribution in [0, 0.1) is 0 Å². The van der Waals surface area contributed by atoms with E-state index >= 15 is 0 Å². The quantitative estimate of drug-likeness (QED) is 0.647. The molecule has 27 heavy (non-hydrogen) atoms. The minimum atomic E-state index is -0.295. The van der Waals surface area contributed by atoms with Crippen LogP contribution in [-0.2, 0) is 4.79 Å². The standard InChI is InChI=1S/C20H18N2O4S/c1-25-17-12-14(21-19(23)13-26-15-6-3-2-4-7-15)9-10-16(17)22-20(24)18-8-5-11-27-18/h2-12H,13H2,1H3,(H,21,23)(H,22,24). The number of rotatable bonds is 7. The summed E-state index contributed by atoms with van der Waals surface area (Å²) in [7, 11) is 1.50. The number of nitrogens with one attached hydrogen (secondary N) is 2. The Kier molecular flexibility index (Phi) is 6.06. The summed E-state index contributed by atoms with van der Waals surface area (Å²) in [4.78, 5) is 24.8. The Bertz CT molecular complexity index is 911. The van der Waals surface area contributed by atoms with Crippen LogP contribution in [0.5, 0.6) is 11.5 Å². The maximum Gasteiger partial charge on any atom is 0.265 e. The molecule has 2 N–H and O–H groups in total. The van der Waals surface area contributed by atoms with E-state index in [1.54, 1.807) is 36.4 Å².